The van der Waals surface area contributed by atoms with Crippen LogP contribution >= 0.6 is 0 Å². The van der Waals surface area contributed by atoms with E-state index in [4.69, 9.17) is 0 Å². The molecule has 2 atom stereocenters. The van der Waals surface area contributed by atoms with Gasteiger partial charge in [-0.25, -0.2) is 0 Å². The highest BCUT2D eigenvalue weighted by atomic mass is 16.3. The minimum Gasteiger partial charge on any atom is -0.393 e. The Morgan fingerprint density at radius 1 is 1.73 bits per heavy atom. The maximum absolute atomic E-state index is 11.5. The molecule has 15 heavy (non-hydrogen) atoms. The zero-order valence-electron chi connectivity index (χ0n) is 8.95. The van der Waals surface area contributed by atoms with E-state index in [0.717, 1.165) is 0 Å². The maximum Gasteiger partial charge on any atom is 0.242 e. The first kappa shape index (κ1) is 12.0. The van der Waals surface area contributed by atoms with E-state index in [1.165, 1.54) is 0 Å². The second kappa shape index (κ2) is 5.70. The smallest absolute Gasteiger partial charge is 0.242 e. The van der Waals surface area contributed by atoms with Gasteiger partial charge in [0.15, 0.2) is 0 Å². The fraction of sp³-hybridized carbons (Fsp3) is 0.800. The largest absolute Gasteiger partial charge is 0.393 e. The van der Waals surface area contributed by atoms with Crippen LogP contribution in [0.5, 0.6) is 0 Å². The molecule has 1 unspecified atom stereocenters. The van der Waals surface area contributed by atoms with Crippen LogP contribution in [0.3, 0.4) is 0 Å². The molecule has 0 bridgehead atoms. The number of nitrogens with one attached hydrogen (secondary N) is 2. The summed E-state index contributed by atoms with van der Waals surface area (Å²) in [6.07, 6.45) is 1.89. The van der Waals surface area contributed by atoms with E-state index in [2.05, 4.69) is 10.6 Å². The van der Waals surface area contributed by atoms with Crippen LogP contribution in [0, 0.1) is 0 Å². The van der Waals surface area contributed by atoms with Crippen molar-refractivity contribution < 1.29 is 14.7 Å². The summed E-state index contributed by atoms with van der Waals surface area (Å²) < 4.78 is 0. The van der Waals surface area contributed by atoms with Crippen molar-refractivity contribution in [3.8, 4) is 0 Å². The number of aliphatic hydroxyl groups is 1. The Balaban J connectivity index is 2.16. The highest BCUT2D eigenvalue weighted by Gasteiger charge is 2.26. The van der Waals surface area contributed by atoms with Crippen molar-refractivity contribution in [1.82, 2.24) is 10.6 Å². The molecule has 5 nitrogen and oxygen atoms in total. The summed E-state index contributed by atoms with van der Waals surface area (Å²) in [5, 5.41) is 14.5. The van der Waals surface area contributed by atoms with Crippen molar-refractivity contribution in [2.24, 2.45) is 0 Å². The summed E-state index contributed by atoms with van der Waals surface area (Å²) in [5.74, 6) is -0.215. The Bertz CT molecular complexity index is 243. The number of carbonyl (C=O) groups excluding carboxylic acids is 2. The topological polar surface area (TPSA) is 78.4 Å². The highest BCUT2D eigenvalue weighted by Crippen LogP contribution is 2.06. The van der Waals surface area contributed by atoms with Crippen LogP contribution in [-0.2, 0) is 9.59 Å². The normalized spacial score (nSPS) is 22.3. The number of hydrogen-bond acceptors (Lipinski definition) is 3. The fourth-order valence-corrected chi connectivity index (χ4v) is 1.50. The molecule has 1 aliphatic heterocycles. The van der Waals surface area contributed by atoms with E-state index in [0.29, 0.717) is 32.2 Å². The van der Waals surface area contributed by atoms with Crippen LogP contribution in [0.15, 0.2) is 0 Å². The minimum atomic E-state index is -0.378. The van der Waals surface area contributed by atoms with Gasteiger partial charge in [-0.2, -0.15) is 0 Å². The molecular formula is C10H18N2O3. The second-order valence-corrected chi connectivity index (χ2v) is 3.80. The van der Waals surface area contributed by atoms with E-state index in [1.807, 2.05) is 6.92 Å². The molecule has 0 aromatic carbocycles. The molecule has 86 valence electrons. The van der Waals surface area contributed by atoms with Gasteiger partial charge >= 0.3 is 0 Å². The minimum absolute atomic E-state index is 0.0660. The van der Waals surface area contributed by atoms with Gasteiger partial charge in [0.25, 0.3) is 0 Å². The molecule has 0 aliphatic carbocycles. The third-order valence-electron chi connectivity index (χ3n) is 2.56. The Kier molecular flexibility index (Phi) is 4.55. The zero-order valence-corrected chi connectivity index (χ0v) is 8.95. The van der Waals surface area contributed by atoms with Crippen molar-refractivity contribution in [3.05, 3.63) is 0 Å². The molecule has 0 aromatic heterocycles. The first-order valence-corrected chi connectivity index (χ1v) is 5.38. The summed E-state index contributed by atoms with van der Waals surface area (Å²) in [4.78, 5) is 22.3. The average molecular weight is 214 g/mol. The van der Waals surface area contributed by atoms with Gasteiger partial charge in [0, 0.05) is 13.0 Å². The summed E-state index contributed by atoms with van der Waals surface area (Å²) in [6, 6.07) is -0.378. The van der Waals surface area contributed by atoms with Gasteiger partial charge in [-0.3, -0.25) is 9.59 Å². The molecule has 1 saturated heterocycles. The molecule has 0 radical (unpaired) electrons. The number of aliphatic hydroxyl groups excluding tert-OH is 1. The van der Waals surface area contributed by atoms with E-state index in [9.17, 15) is 14.7 Å². The Morgan fingerprint density at radius 2 is 2.47 bits per heavy atom. The van der Waals surface area contributed by atoms with Gasteiger partial charge in [0.05, 0.1) is 6.10 Å². The molecule has 1 aliphatic rings. The lowest BCUT2D eigenvalue weighted by Crippen LogP contribution is -2.42. The predicted molar refractivity (Wildman–Crippen MR) is 55.1 cm³/mol. The molecule has 1 rings (SSSR count). The Labute approximate surface area is 89.2 Å². The monoisotopic (exact) mass is 214 g/mol. The van der Waals surface area contributed by atoms with Crippen LogP contribution in [0.4, 0.5) is 0 Å². The van der Waals surface area contributed by atoms with Crippen LogP contribution in [0.25, 0.3) is 0 Å². The second-order valence-electron chi connectivity index (χ2n) is 3.80. The van der Waals surface area contributed by atoms with Gasteiger partial charge in [-0.15, -0.1) is 0 Å². The lowest BCUT2D eigenvalue weighted by atomic mass is 10.2. The summed E-state index contributed by atoms with van der Waals surface area (Å²) in [5.41, 5.74) is 0. The quantitative estimate of drug-likeness (QED) is 0.579. The van der Waals surface area contributed by atoms with Crippen molar-refractivity contribution in [1.29, 1.82) is 0 Å². The van der Waals surface area contributed by atoms with Crippen LogP contribution < -0.4 is 10.6 Å². The number of hydrogen-bond donors (Lipinski definition) is 3. The van der Waals surface area contributed by atoms with Crippen molar-refractivity contribution in [2.45, 2.75) is 44.8 Å². The molecule has 3 N–H and O–H groups in total. The third-order valence-corrected chi connectivity index (χ3v) is 2.56. The SMILES string of the molecule is CCC(O)CCNC(=O)[C@H]1CCC(=O)N1. The Hall–Kier alpha value is -1.10. The van der Waals surface area contributed by atoms with Crippen LogP contribution in [-0.4, -0.2) is 35.6 Å². The van der Waals surface area contributed by atoms with Gasteiger partial charge in [0.1, 0.15) is 6.04 Å². The van der Waals surface area contributed by atoms with Gasteiger partial charge in [0.2, 0.25) is 11.8 Å². The van der Waals surface area contributed by atoms with Crippen molar-refractivity contribution >= 4 is 11.8 Å². The average Bonchev–Trinajstić information content (AvgIpc) is 2.64. The van der Waals surface area contributed by atoms with Crippen LogP contribution in [0.2, 0.25) is 0 Å². The first-order chi connectivity index (χ1) is 7.13. The van der Waals surface area contributed by atoms with E-state index >= 15 is 0 Å². The van der Waals surface area contributed by atoms with E-state index in [1.54, 1.807) is 0 Å². The standard InChI is InChI=1S/C10H18N2O3/c1-2-7(13)5-6-11-10(15)8-3-4-9(14)12-8/h7-8,13H,2-6H2,1H3,(H,11,15)(H,12,14)/t7?,8-/m1/s1. The number of amides is 2. The summed E-state index contributed by atoms with van der Waals surface area (Å²) in [7, 11) is 0. The summed E-state index contributed by atoms with van der Waals surface area (Å²) >= 11 is 0. The van der Waals surface area contributed by atoms with Crippen molar-refractivity contribution in [3.63, 3.8) is 0 Å². The van der Waals surface area contributed by atoms with Gasteiger partial charge < -0.3 is 15.7 Å². The number of carbonyl (C=O) groups is 2. The maximum atomic E-state index is 11.5. The molecule has 0 saturated carbocycles. The predicted octanol–water partition coefficient (Wildman–Crippen LogP) is -0.458. The molecule has 1 heterocycles. The number of rotatable bonds is 5. The highest BCUT2D eigenvalue weighted by molar-refractivity contribution is 5.90. The van der Waals surface area contributed by atoms with E-state index < -0.39 is 0 Å². The summed E-state index contributed by atoms with van der Waals surface area (Å²) in [6.45, 7) is 2.35. The molecule has 1 fully saturated rings. The lowest BCUT2D eigenvalue weighted by Gasteiger charge is -2.12. The molecular weight excluding hydrogens is 196 g/mol. The molecule has 2 amide bonds. The Morgan fingerprint density at radius 3 is 3.00 bits per heavy atom. The molecule has 0 spiro atoms. The van der Waals surface area contributed by atoms with Gasteiger partial charge in [-0.1, -0.05) is 6.92 Å². The molecule has 5 heteroatoms. The fourth-order valence-electron chi connectivity index (χ4n) is 1.50. The van der Waals surface area contributed by atoms with Crippen molar-refractivity contribution in [2.75, 3.05) is 6.54 Å². The van der Waals surface area contributed by atoms with Crippen LogP contribution in [0.1, 0.15) is 32.6 Å². The lowest BCUT2D eigenvalue weighted by molar-refractivity contribution is -0.125. The molecule has 0 aromatic rings. The third kappa shape index (κ3) is 3.87. The first-order valence-electron chi connectivity index (χ1n) is 5.38. The van der Waals surface area contributed by atoms with E-state index in [-0.39, 0.29) is 24.0 Å². The van der Waals surface area contributed by atoms with Gasteiger partial charge in [-0.05, 0) is 19.3 Å². The zero-order chi connectivity index (χ0) is 11.3.